The van der Waals surface area contributed by atoms with Gasteiger partial charge in [0.1, 0.15) is 0 Å². The summed E-state index contributed by atoms with van der Waals surface area (Å²) in [4.78, 5) is 4.27. The van der Waals surface area contributed by atoms with Crippen LogP contribution in [0, 0.1) is 6.92 Å². The van der Waals surface area contributed by atoms with E-state index in [0.717, 1.165) is 25.2 Å². The zero-order valence-corrected chi connectivity index (χ0v) is 8.83. The molecule has 0 bridgehead atoms. The first-order chi connectivity index (χ1) is 6.70. The van der Waals surface area contributed by atoms with Crippen molar-refractivity contribution in [2.45, 2.75) is 32.9 Å². The molecule has 78 valence electrons. The third kappa shape index (κ3) is 3.85. The van der Waals surface area contributed by atoms with Gasteiger partial charge in [-0.25, -0.2) is 0 Å². The molecule has 1 unspecified atom stereocenters. The smallest absolute Gasteiger partial charge is 0.0570 e. The Bertz CT molecular complexity index is 274. The van der Waals surface area contributed by atoms with Crippen LogP contribution in [0.5, 0.6) is 0 Å². The maximum absolute atomic E-state index is 9.05. The number of nitrogens with zero attached hydrogens (tertiary/aromatic N) is 1. The predicted octanol–water partition coefficient (Wildman–Crippen LogP) is 1.25. The van der Waals surface area contributed by atoms with Gasteiger partial charge in [0.25, 0.3) is 0 Å². The van der Waals surface area contributed by atoms with Crippen molar-refractivity contribution in [1.82, 2.24) is 10.3 Å². The Balaban J connectivity index is 2.28. The highest BCUT2D eigenvalue weighted by Gasteiger charge is 1.98. The first-order valence-corrected chi connectivity index (χ1v) is 4.99. The summed E-state index contributed by atoms with van der Waals surface area (Å²) < 4.78 is 0. The van der Waals surface area contributed by atoms with E-state index in [-0.39, 0.29) is 6.10 Å². The molecule has 1 aromatic rings. The van der Waals surface area contributed by atoms with E-state index in [1.807, 2.05) is 6.07 Å². The van der Waals surface area contributed by atoms with Crippen molar-refractivity contribution in [2.75, 3.05) is 6.54 Å². The monoisotopic (exact) mass is 194 g/mol. The second-order valence-corrected chi connectivity index (χ2v) is 3.58. The van der Waals surface area contributed by atoms with Crippen molar-refractivity contribution in [3.05, 3.63) is 29.6 Å². The summed E-state index contributed by atoms with van der Waals surface area (Å²) in [7, 11) is 0. The van der Waals surface area contributed by atoms with Crippen LogP contribution in [0.25, 0.3) is 0 Å². The van der Waals surface area contributed by atoms with E-state index in [2.05, 4.69) is 23.3 Å². The van der Waals surface area contributed by atoms with E-state index in [4.69, 9.17) is 5.11 Å². The Labute approximate surface area is 85.2 Å². The number of hydrogen-bond acceptors (Lipinski definition) is 3. The van der Waals surface area contributed by atoms with Crippen LogP contribution in [-0.2, 0) is 6.54 Å². The van der Waals surface area contributed by atoms with E-state index in [9.17, 15) is 0 Å². The van der Waals surface area contributed by atoms with Crippen LogP contribution in [-0.4, -0.2) is 22.7 Å². The largest absolute Gasteiger partial charge is 0.393 e. The minimum Gasteiger partial charge on any atom is -0.393 e. The average Bonchev–Trinajstić information content (AvgIpc) is 2.15. The van der Waals surface area contributed by atoms with Crippen LogP contribution in [0.4, 0.5) is 0 Å². The molecule has 0 spiro atoms. The van der Waals surface area contributed by atoms with E-state index >= 15 is 0 Å². The maximum atomic E-state index is 9.05. The number of aliphatic hydroxyl groups is 1. The summed E-state index contributed by atoms with van der Waals surface area (Å²) in [6, 6.07) is 3.99. The van der Waals surface area contributed by atoms with Crippen LogP contribution < -0.4 is 5.32 Å². The summed E-state index contributed by atoms with van der Waals surface area (Å²) in [5.74, 6) is 0. The van der Waals surface area contributed by atoms with E-state index in [0.29, 0.717) is 0 Å². The Morgan fingerprint density at radius 2 is 2.36 bits per heavy atom. The summed E-state index contributed by atoms with van der Waals surface area (Å²) in [6.45, 7) is 5.46. The molecular formula is C11H18N2O. The van der Waals surface area contributed by atoms with Gasteiger partial charge in [0.2, 0.25) is 0 Å². The van der Waals surface area contributed by atoms with Gasteiger partial charge < -0.3 is 10.4 Å². The number of hydrogen-bond donors (Lipinski definition) is 2. The number of rotatable bonds is 5. The van der Waals surface area contributed by atoms with E-state index < -0.39 is 0 Å². The van der Waals surface area contributed by atoms with Crippen LogP contribution in [0.3, 0.4) is 0 Å². The standard InChI is InChI=1S/C11H18N2O/c1-9-4-3-6-13-11(9)8-12-7-5-10(2)14/h3-4,6,10,12,14H,5,7-8H2,1-2H3. The molecule has 0 aliphatic carbocycles. The third-order valence-electron chi connectivity index (χ3n) is 2.15. The first-order valence-electron chi connectivity index (χ1n) is 4.99. The summed E-state index contributed by atoms with van der Waals surface area (Å²) in [5.41, 5.74) is 2.29. The van der Waals surface area contributed by atoms with Crippen LogP contribution in [0.1, 0.15) is 24.6 Å². The normalized spacial score (nSPS) is 12.8. The molecule has 0 aliphatic heterocycles. The maximum Gasteiger partial charge on any atom is 0.0570 e. The van der Waals surface area contributed by atoms with Crippen LogP contribution in [0.2, 0.25) is 0 Å². The van der Waals surface area contributed by atoms with Crippen molar-refractivity contribution in [3.63, 3.8) is 0 Å². The Morgan fingerprint density at radius 3 is 3.00 bits per heavy atom. The van der Waals surface area contributed by atoms with Gasteiger partial charge in [0.15, 0.2) is 0 Å². The lowest BCUT2D eigenvalue weighted by molar-refractivity contribution is 0.183. The molecule has 0 amide bonds. The fourth-order valence-electron chi connectivity index (χ4n) is 1.22. The second kappa shape index (κ2) is 5.73. The number of aryl methyl sites for hydroxylation is 1. The lowest BCUT2D eigenvalue weighted by Gasteiger charge is -2.07. The molecule has 0 saturated carbocycles. The van der Waals surface area contributed by atoms with Gasteiger partial charge in [-0.05, 0) is 38.4 Å². The van der Waals surface area contributed by atoms with Crippen LogP contribution >= 0.6 is 0 Å². The quantitative estimate of drug-likeness (QED) is 0.693. The van der Waals surface area contributed by atoms with Gasteiger partial charge >= 0.3 is 0 Å². The second-order valence-electron chi connectivity index (χ2n) is 3.58. The highest BCUT2D eigenvalue weighted by molar-refractivity contribution is 5.17. The first kappa shape index (κ1) is 11.1. The molecule has 3 heteroatoms. The molecule has 0 radical (unpaired) electrons. The molecule has 1 rings (SSSR count). The van der Waals surface area contributed by atoms with Gasteiger partial charge in [0.05, 0.1) is 11.8 Å². The number of pyridine rings is 1. The van der Waals surface area contributed by atoms with Crippen molar-refractivity contribution < 1.29 is 5.11 Å². The fraction of sp³-hybridized carbons (Fsp3) is 0.545. The van der Waals surface area contributed by atoms with Gasteiger partial charge in [-0.15, -0.1) is 0 Å². The minimum atomic E-state index is -0.229. The average molecular weight is 194 g/mol. The number of aliphatic hydroxyl groups excluding tert-OH is 1. The van der Waals surface area contributed by atoms with Crippen molar-refractivity contribution in [3.8, 4) is 0 Å². The van der Waals surface area contributed by atoms with E-state index in [1.54, 1.807) is 13.1 Å². The van der Waals surface area contributed by atoms with Gasteiger partial charge in [-0.2, -0.15) is 0 Å². The summed E-state index contributed by atoms with van der Waals surface area (Å²) in [5, 5.41) is 12.3. The zero-order chi connectivity index (χ0) is 10.4. The molecule has 3 nitrogen and oxygen atoms in total. The highest BCUT2D eigenvalue weighted by Crippen LogP contribution is 2.02. The number of aromatic nitrogens is 1. The molecule has 1 atom stereocenters. The number of nitrogens with one attached hydrogen (secondary N) is 1. The molecule has 1 heterocycles. The van der Waals surface area contributed by atoms with Crippen LogP contribution in [0.15, 0.2) is 18.3 Å². The zero-order valence-electron chi connectivity index (χ0n) is 8.83. The summed E-state index contributed by atoms with van der Waals surface area (Å²) >= 11 is 0. The predicted molar refractivity (Wildman–Crippen MR) is 57.0 cm³/mol. The minimum absolute atomic E-state index is 0.229. The lowest BCUT2D eigenvalue weighted by atomic mass is 10.2. The Hall–Kier alpha value is -0.930. The molecule has 14 heavy (non-hydrogen) atoms. The van der Waals surface area contributed by atoms with Crippen molar-refractivity contribution >= 4 is 0 Å². The topological polar surface area (TPSA) is 45.2 Å². The van der Waals surface area contributed by atoms with Gasteiger partial charge in [-0.1, -0.05) is 6.07 Å². The lowest BCUT2D eigenvalue weighted by Crippen LogP contribution is -2.19. The van der Waals surface area contributed by atoms with Gasteiger partial charge in [-0.3, -0.25) is 4.98 Å². The molecule has 0 fully saturated rings. The Morgan fingerprint density at radius 1 is 1.57 bits per heavy atom. The molecule has 2 N–H and O–H groups in total. The fourth-order valence-corrected chi connectivity index (χ4v) is 1.22. The van der Waals surface area contributed by atoms with Crippen molar-refractivity contribution in [1.29, 1.82) is 0 Å². The third-order valence-corrected chi connectivity index (χ3v) is 2.15. The van der Waals surface area contributed by atoms with Gasteiger partial charge in [0, 0.05) is 12.7 Å². The summed E-state index contributed by atoms with van der Waals surface area (Å²) in [6.07, 6.45) is 2.36. The Kier molecular flexibility index (Phi) is 4.56. The van der Waals surface area contributed by atoms with Crippen molar-refractivity contribution in [2.24, 2.45) is 0 Å². The van der Waals surface area contributed by atoms with E-state index in [1.165, 1.54) is 5.56 Å². The highest BCUT2D eigenvalue weighted by atomic mass is 16.3. The molecule has 0 aliphatic rings. The molecule has 0 saturated heterocycles. The molecular weight excluding hydrogens is 176 g/mol. The molecule has 0 aromatic carbocycles. The molecule has 1 aromatic heterocycles. The SMILES string of the molecule is Cc1cccnc1CNCCC(C)O.